The predicted octanol–water partition coefficient (Wildman–Crippen LogP) is 4.87. The van der Waals surface area contributed by atoms with Crippen LogP contribution < -0.4 is 0 Å². The lowest BCUT2D eigenvalue weighted by atomic mass is 9.89. The fourth-order valence-corrected chi connectivity index (χ4v) is 2.97. The van der Waals surface area contributed by atoms with E-state index in [0.717, 1.165) is 37.4 Å². The molecular formula is C21H34N4. The number of hydrogen-bond donors (Lipinski definition) is 0. The van der Waals surface area contributed by atoms with Gasteiger partial charge in [0.1, 0.15) is 0 Å². The van der Waals surface area contributed by atoms with Crippen molar-refractivity contribution in [1.29, 1.82) is 0 Å². The molecule has 1 heterocycles. The molecule has 0 saturated carbocycles. The van der Waals surface area contributed by atoms with E-state index < -0.39 is 0 Å². The predicted molar refractivity (Wildman–Crippen MR) is 105 cm³/mol. The topological polar surface area (TPSA) is 34.0 Å². The van der Waals surface area contributed by atoms with Crippen LogP contribution in [-0.2, 0) is 13.0 Å². The van der Waals surface area contributed by atoms with E-state index in [2.05, 4.69) is 74.1 Å². The van der Waals surface area contributed by atoms with Crippen LogP contribution in [0.15, 0.2) is 30.5 Å². The third kappa shape index (κ3) is 6.62. The van der Waals surface area contributed by atoms with Crippen LogP contribution in [0.2, 0.25) is 0 Å². The maximum atomic E-state index is 4.31. The van der Waals surface area contributed by atoms with E-state index in [4.69, 9.17) is 0 Å². The van der Waals surface area contributed by atoms with Crippen LogP contribution in [-0.4, -0.2) is 33.0 Å². The summed E-state index contributed by atoms with van der Waals surface area (Å²) in [6.07, 6.45) is 7.04. The average Bonchev–Trinajstić information content (AvgIpc) is 3.05. The second-order valence-electron chi connectivity index (χ2n) is 8.05. The minimum atomic E-state index is 0.444. The molecule has 4 heteroatoms. The number of aromatic nitrogens is 3. The van der Waals surface area contributed by atoms with Gasteiger partial charge in [0.25, 0.3) is 0 Å². The smallest absolute Gasteiger partial charge is 0.0971 e. The van der Waals surface area contributed by atoms with Gasteiger partial charge in [0.05, 0.1) is 17.6 Å². The second-order valence-corrected chi connectivity index (χ2v) is 8.05. The third-order valence-corrected chi connectivity index (χ3v) is 4.66. The van der Waals surface area contributed by atoms with Gasteiger partial charge in [-0.15, -0.1) is 5.10 Å². The molecule has 0 unspecified atom stereocenters. The lowest BCUT2D eigenvalue weighted by Gasteiger charge is -2.17. The van der Waals surface area contributed by atoms with Crippen molar-refractivity contribution in [2.75, 3.05) is 13.1 Å². The van der Waals surface area contributed by atoms with Crippen LogP contribution in [0.5, 0.6) is 0 Å². The van der Waals surface area contributed by atoms with Gasteiger partial charge >= 0.3 is 0 Å². The molecular weight excluding hydrogens is 308 g/mol. The van der Waals surface area contributed by atoms with Crippen LogP contribution >= 0.6 is 0 Å². The van der Waals surface area contributed by atoms with Crippen LogP contribution in [0.25, 0.3) is 5.69 Å². The molecule has 0 spiro atoms. The first-order chi connectivity index (χ1) is 11.9. The van der Waals surface area contributed by atoms with E-state index in [9.17, 15) is 0 Å². The lowest BCUT2D eigenvalue weighted by Crippen LogP contribution is -2.22. The van der Waals surface area contributed by atoms with E-state index >= 15 is 0 Å². The van der Waals surface area contributed by atoms with Gasteiger partial charge < -0.3 is 0 Å². The Kier molecular flexibility index (Phi) is 7.18. The Morgan fingerprint density at radius 2 is 1.68 bits per heavy atom. The Labute approximate surface area is 153 Å². The molecule has 2 rings (SSSR count). The SMILES string of the molecule is CCN(CC)Cc1cn(-c2ccc(CCCCC(C)(C)C)cc2)nn1. The van der Waals surface area contributed by atoms with Gasteiger partial charge in [0.2, 0.25) is 0 Å². The fourth-order valence-electron chi connectivity index (χ4n) is 2.97. The van der Waals surface area contributed by atoms with Crippen LogP contribution in [0.4, 0.5) is 0 Å². The van der Waals surface area contributed by atoms with E-state index in [1.807, 2.05) is 10.9 Å². The van der Waals surface area contributed by atoms with Crippen LogP contribution in [0, 0.1) is 5.41 Å². The third-order valence-electron chi connectivity index (χ3n) is 4.66. The molecule has 0 aliphatic rings. The molecule has 1 aromatic heterocycles. The zero-order chi connectivity index (χ0) is 18.3. The summed E-state index contributed by atoms with van der Waals surface area (Å²) in [5, 5.41) is 8.59. The number of nitrogens with zero attached hydrogens (tertiary/aromatic N) is 4. The van der Waals surface area contributed by atoms with Gasteiger partial charge in [0.15, 0.2) is 0 Å². The van der Waals surface area contributed by atoms with Crippen molar-refractivity contribution in [2.45, 2.75) is 66.8 Å². The number of rotatable bonds is 9. The highest BCUT2D eigenvalue weighted by Crippen LogP contribution is 2.22. The average molecular weight is 343 g/mol. The van der Waals surface area contributed by atoms with Crippen molar-refractivity contribution in [3.05, 3.63) is 41.7 Å². The number of benzene rings is 1. The molecule has 0 atom stereocenters. The van der Waals surface area contributed by atoms with Crippen molar-refractivity contribution >= 4 is 0 Å². The molecule has 2 aromatic rings. The van der Waals surface area contributed by atoms with Gasteiger partial charge in [-0.3, -0.25) is 4.90 Å². The monoisotopic (exact) mass is 342 g/mol. The molecule has 0 N–H and O–H groups in total. The van der Waals surface area contributed by atoms with Crippen molar-refractivity contribution in [2.24, 2.45) is 5.41 Å². The van der Waals surface area contributed by atoms with Gasteiger partial charge in [-0.1, -0.05) is 58.4 Å². The lowest BCUT2D eigenvalue weighted by molar-refractivity contribution is 0.292. The van der Waals surface area contributed by atoms with Gasteiger partial charge in [-0.2, -0.15) is 0 Å². The highest BCUT2D eigenvalue weighted by molar-refractivity contribution is 5.33. The van der Waals surface area contributed by atoms with E-state index in [0.29, 0.717) is 5.41 Å². The first-order valence-corrected chi connectivity index (χ1v) is 9.64. The summed E-state index contributed by atoms with van der Waals surface area (Å²) >= 11 is 0. The van der Waals surface area contributed by atoms with Crippen molar-refractivity contribution < 1.29 is 0 Å². The summed E-state index contributed by atoms with van der Waals surface area (Å²) in [6, 6.07) is 8.74. The van der Waals surface area contributed by atoms with E-state index in [1.165, 1.54) is 24.8 Å². The van der Waals surface area contributed by atoms with Crippen molar-refractivity contribution in [3.63, 3.8) is 0 Å². The highest BCUT2D eigenvalue weighted by atomic mass is 15.4. The van der Waals surface area contributed by atoms with E-state index in [1.54, 1.807) is 0 Å². The summed E-state index contributed by atoms with van der Waals surface area (Å²) in [4.78, 5) is 2.34. The summed E-state index contributed by atoms with van der Waals surface area (Å²) in [5.41, 5.74) is 3.95. The van der Waals surface area contributed by atoms with Crippen molar-refractivity contribution in [3.8, 4) is 5.69 Å². The Balaban J connectivity index is 1.88. The molecule has 0 aliphatic carbocycles. The van der Waals surface area contributed by atoms with Gasteiger partial charge in [-0.25, -0.2) is 4.68 Å². The molecule has 25 heavy (non-hydrogen) atoms. The second kappa shape index (κ2) is 9.14. The van der Waals surface area contributed by atoms with Gasteiger partial charge in [0, 0.05) is 6.54 Å². The first-order valence-electron chi connectivity index (χ1n) is 9.64. The molecule has 4 nitrogen and oxygen atoms in total. The molecule has 0 amide bonds. The Hall–Kier alpha value is -1.68. The Morgan fingerprint density at radius 3 is 2.28 bits per heavy atom. The highest BCUT2D eigenvalue weighted by Gasteiger charge is 2.09. The van der Waals surface area contributed by atoms with E-state index in [-0.39, 0.29) is 0 Å². The number of unbranched alkanes of at least 4 members (excludes halogenated alkanes) is 1. The quantitative estimate of drug-likeness (QED) is 0.610. The maximum absolute atomic E-state index is 4.31. The molecule has 1 aromatic carbocycles. The zero-order valence-electron chi connectivity index (χ0n) is 16.6. The maximum Gasteiger partial charge on any atom is 0.0971 e. The fraction of sp³-hybridized carbons (Fsp3) is 0.619. The van der Waals surface area contributed by atoms with Crippen LogP contribution in [0.1, 0.15) is 65.1 Å². The normalized spacial score (nSPS) is 12.1. The molecule has 0 radical (unpaired) electrons. The molecule has 0 fully saturated rings. The molecule has 0 bridgehead atoms. The zero-order valence-corrected chi connectivity index (χ0v) is 16.6. The number of aryl methyl sites for hydroxylation is 1. The van der Waals surface area contributed by atoms with Crippen LogP contribution in [0.3, 0.4) is 0 Å². The minimum absolute atomic E-state index is 0.444. The molecule has 138 valence electrons. The molecule has 0 saturated heterocycles. The van der Waals surface area contributed by atoms with Gasteiger partial charge in [-0.05, 0) is 55.5 Å². The Bertz CT molecular complexity index is 618. The summed E-state index contributed by atoms with van der Waals surface area (Å²) in [5.74, 6) is 0. The van der Waals surface area contributed by atoms with Crippen molar-refractivity contribution in [1.82, 2.24) is 19.9 Å². The Morgan fingerprint density at radius 1 is 1.00 bits per heavy atom. The summed E-state index contributed by atoms with van der Waals surface area (Å²) in [6.45, 7) is 14.2. The summed E-state index contributed by atoms with van der Waals surface area (Å²) < 4.78 is 1.88. The molecule has 0 aliphatic heterocycles. The number of hydrogen-bond acceptors (Lipinski definition) is 3. The minimum Gasteiger partial charge on any atom is -0.298 e. The first kappa shape index (κ1) is 19.6. The largest absolute Gasteiger partial charge is 0.298 e. The summed E-state index contributed by atoms with van der Waals surface area (Å²) in [7, 11) is 0. The standard InChI is InChI=1S/C21H34N4/c1-6-24(7-2)16-19-17-25(23-22-19)20-13-11-18(12-14-20)10-8-9-15-21(3,4)5/h11-14,17H,6-10,15-16H2,1-5H3.